The SMILES string of the molecule is Cc1ccccc1-c1ccc2c3ccccc3n(-c3ccc(-c4nc(-c5ccccc5)nc(-c5ccccc5)n4)c(-c4ccccc4F)c3)c2c1. The second-order valence-corrected chi connectivity index (χ2v) is 12.6. The second kappa shape index (κ2) is 12.6. The summed E-state index contributed by atoms with van der Waals surface area (Å²) in [6.07, 6.45) is 0. The Morgan fingerprint density at radius 3 is 1.71 bits per heavy atom. The number of fused-ring (bicyclic) bond motifs is 3. The Kier molecular flexibility index (Phi) is 7.51. The van der Waals surface area contributed by atoms with Gasteiger partial charge in [-0.05, 0) is 65.6 Å². The third-order valence-corrected chi connectivity index (χ3v) is 9.50. The van der Waals surface area contributed by atoms with Crippen molar-refractivity contribution >= 4 is 21.8 Å². The zero-order valence-corrected chi connectivity index (χ0v) is 27.8. The molecule has 242 valence electrons. The van der Waals surface area contributed by atoms with E-state index in [-0.39, 0.29) is 5.82 Å². The summed E-state index contributed by atoms with van der Waals surface area (Å²) in [5.41, 5.74) is 10.2. The van der Waals surface area contributed by atoms with Gasteiger partial charge in [0.25, 0.3) is 0 Å². The molecule has 0 N–H and O–H groups in total. The lowest BCUT2D eigenvalue weighted by atomic mass is 9.97. The van der Waals surface area contributed by atoms with Crippen LogP contribution < -0.4 is 0 Å². The molecule has 0 fully saturated rings. The number of aryl methyl sites for hydroxylation is 1. The van der Waals surface area contributed by atoms with Crippen molar-refractivity contribution in [2.45, 2.75) is 6.92 Å². The first kappa shape index (κ1) is 30.3. The maximum atomic E-state index is 15.9. The quantitative estimate of drug-likeness (QED) is 0.179. The van der Waals surface area contributed by atoms with Crippen LogP contribution in [0.25, 0.3) is 83.9 Å². The normalized spacial score (nSPS) is 11.3. The third-order valence-electron chi connectivity index (χ3n) is 9.50. The molecule has 9 aromatic rings. The van der Waals surface area contributed by atoms with Crippen LogP contribution in [-0.4, -0.2) is 19.5 Å². The van der Waals surface area contributed by atoms with Crippen LogP contribution in [0.1, 0.15) is 5.56 Å². The number of hydrogen-bond donors (Lipinski definition) is 0. The van der Waals surface area contributed by atoms with Gasteiger partial charge < -0.3 is 4.57 Å². The van der Waals surface area contributed by atoms with Gasteiger partial charge in [-0.2, -0.15) is 0 Å². The van der Waals surface area contributed by atoms with Crippen LogP contribution in [0.3, 0.4) is 0 Å². The van der Waals surface area contributed by atoms with Crippen molar-refractivity contribution in [3.05, 3.63) is 181 Å². The van der Waals surface area contributed by atoms with Crippen LogP contribution in [0.15, 0.2) is 170 Å². The number of nitrogens with zero attached hydrogens (tertiary/aromatic N) is 4. The molecule has 0 unspecified atom stereocenters. The molecule has 51 heavy (non-hydrogen) atoms. The lowest BCUT2D eigenvalue weighted by Gasteiger charge is -2.16. The van der Waals surface area contributed by atoms with E-state index in [2.05, 4.69) is 90.4 Å². The molecule has 0 aliphatic heterocycles. The Bertz CT molecular complexity index is 2660. The molecule has 0 spiro atoms. The fourth-order valence-electron chi connectivity index (χ4n) is 7.01. The summed E-state index contributed by atoms with van der Waals surface area (Å²) >= 11 is 0. The highest BCUT2D eigenvalue weighted by Crippen LogP contribution is 2.39. The van der Waals surface area contributed by atoms with E-state index in [1.807, 2.05) is 78.9 Å². The minimum Gasteiger partial charge on any atom is -0.309 e. The van der Waals surface area contributed by atoms with Gasteiger partial charge in [0, 0.05) is 38.7 Å². The molecule has 0 saturated carbocycles. The van der Waals surface area contributed by atoms with Gasteiger partial charge in [-0.3, -0.25) is 0 Å². The second-order valence-electron chi connectivity index (χ2n) is 12.6. The molecule has 0 bridgehead atoms. The molecular weight excluding hydrogens is 628 g/mol. The molecule has 2 heterocycles. The maximum absolute atomic E-state index is 15.9. The van der Waals surface area contributed by atoms with Crippen molar-refractivity contribution in [2.24, 2.45) is 0 Å². The van der Waals surface area contributed by atoms with Gasteiger partial charge >= 0.3 is 0 Å². The zero-order valence-electron chi connectivity index (χ0n) is 27.8. The Labute approximate surface area is 295 Å². The van der Waals surface area contributed by atoms with Crippen LogP contribution in [0.4, 0.5) is 4.39 Å². The minimum absolute atomic E-state index is 0.319. The Hall–Kier alpha value is -6.72. The topological polar surface area (TPSA) is 43.6 Å². The van der Waals surface area contributed by atoms with E-state index in [9.17, 15) is 0 Å². The molecule has 0 aliphatic rings. The summed E-state index contributed by atoms with van der Waals surface area (Å²) in [4.78, 5) is 14.9. The Morgan fingerprint density at radius 1 is 0.412 bits per heavy atom. The summed E-state index contributed by atoms with van der Waals surface area (Å²) in [6, 6.07) is 56.4. The van der Waals surface area contributed by atoms with Crippen LogP contribution in [0.5, 0.6) is 0 Å². The number of hydrogen-bond acceptors (Lipinski definition) is 3. The van der Waals surface area contributed by atoms with Crippen molar-refractivity contribution in [3.8, 4) is 62.1 Å². The monoisotopic (exact) mass is 658 g/mol. The van der Waals surface area contributed by atoms with E-state index < -0.39 is 0 Å². The highest BCUT2D eigenvalue weighted by atomic mass is 19.1. The molecule has 2 aromatic heterocycles. The number of benzene rings is 7. The smallest absolute Gasteiger partial charge is 0.164 e. The van der Waals surface area contributed by atoms with Gasteiger partial charge in [0.05, 0.1) is 11.0 Å². The van der Waals surface area contributed by atoms with Gasteiger partial charge in [0.2, 0.25) is 0 Å². The summed E-state index contributed by atoms with van der Waals surface area (Å²) < 4.78 is 18.1. The maximum Gasteiger partial charge on any atom is 0.164 e. The average Bonchev–Trinajstić information content (AvgIpc) is 3.52. The van der Waals surface area contributed by atoms with E-state index in [4.69, 9.17) is 15.0 Å². The molecular formula is C46H31FN4. The first-order valence-electron chi connectivity index (χ1n) is 17.0. The van der Waals surface area contributed by atoms with E-state index in [0.29, 0.717) is 34.2 Å². The summed E-state index contributed by atoms with van der Waals surface area (Å²) in [7, 11) is 0. The standard InChI is InChI=1S/C46H31FN4/c1-30-14-8-9-19-35(30)33-24-26-38-37-21-11-13-23-42(37)51(43(38)28-33)34-25-27-39(40(29-34)36-20-10-12-22-41(36)47)46-49-44(31-15-4-2-5-16-31)48-45(50-46)32-17-6-3-7-18-32/h2-29H,1H3. The summed E-state index contributed by atoms with van der Waals surface area (Å²) in [6.45, 7) is 2.14. The fourth-order valence-corrected chi connectivity index (χ4v) is 7.01. The largest absolute Gasteiger partial charge is 0.309 e. The molecule has 0 atom stereocenters. The Morgan fingerprint density at radius 2 is 1.00 bits per heavy atom. The predicted molar refractivity (Wildman–Crippen MR) is 206 cm³/mol. The van der Waals surface area contributed by atoms with Gasteiger partial charge in [0.15, 0.2) is 17.5 Å². The zero-order chi connectivity index (χ0) is 34.3. The van der Waals surface area contributed by atoms with Crippen molar-refractivity contribution < 1.29 is 4.39 Å². The number of rotatable bonds is 6. The molecule has 4 nitrogen and oxygen atoms in total. The van der Waals surface area contributed by atoms with E-state index in [1.54, 1.807) is 6.07 Å². The fraction of sp³-hybridized carbons (Fsp3) is 0.0217. The van der Waals surface area contributed by atoms with Gasteiger partial charge in [-0.15, -0.1) is 0 Å². The number of para-hydroxylation sites is 1. The predicted octanol–water partition coefficient (Wildman–Crippen LogP) is 11.8. The number of halogens is 1. The molecule has 0 amide bonds. The van der Waals surface area contributed by atoms with Crippen LogP contribution in [0, 0.1) is 12.7 Å². The van der Waals surface area contributed by atoms with Gasteiger partial charge in [0.1, 0.15) is 5.82 Å². The Balaban J connectivity index is 1.31. The third kappa shape index (κ3) is 5.45. The van der Waals surface area contributed by atoms with Gasteiger partial charge in [-0.25, -0.2) is 19.3 Å². The summed E-state index contributed by atoms with van der Waals surface area (Å²) in [5.74, 6) is 1.25. The van der Waals surface area contributed by atoms with Crippen molar-refractivity contribution in [3.63, 3.8) is 0 Å². The molecule has 5 heteroatoms. The highest BCUT2D eigenvalue weighted by Gasteiger charge is 2.20. The lowest BCUT2D eigenvalue weighted by molar-refractivity contribution is 0.631. The summed E-state index contributed by atoms with van der Waals surface area (Å²) in [5, 5.41) is 2.30. The van der Waals surface area contributed by atoms with E-state index >= 15 is 4.39 Å². The molecule has 7 aromatic carbocycles. The molecule has 0 saturated heterocycles. The van der Waals surface area contributed by atoms with Gasteiger partial charge in [-0.1, -0.05) is 133 Å². The minimum atomic E-state index is -0.319. The van der Waals surface area contributed by atoms with Crippen molar-refractivity contribution in [1.82, 2.24) is 19.5 Å². The lowest BCUT2D eigenvalue weighted by Crippen LogP contribution is -2.02. The first-order valence-corrected chi connectivity index (χ1v) is 17.0. The molecule has 0 radical (unpaired) electrons. The van der Waals surface area contributed by atoms with Crippen molar-refractivity contribution in [1.29, 1.82) is 0 Å². The highest BCUT2D eigenvalue weighted by molar-refractivity contribution is 6.10. The van der Waals surface area contributed by atoms with Crippen LogP contribution in [0.2, 0.25) is 0 Å². The van der Waals surface area contributed by atoms with Crippen LogP contribution >= 0.6 is 0 Å². The first-order chi connectivity index (χ1) is 25.1. The average molecular weight is 659 g/mol. The van der Waals surface area contributed by atoms with Crippen LogP contribution in [-0.2, 0) is 0 Å². The van der Waals surface area contributed by atoms with E-state index in [1.165, 1.54) is 17.2 Å². The van der Waals surface area contributed by atoms with E-state index in [0.717, 1.165) is 44.2 Å². The molecule has 9 rings (SSSR count). The van der Waals surface area contributed by atoms with Crippen molar-refractivity contribution in [2.75, 3.05) is 0 Å². The molecule has 0 aliphatic carbocycles. The number of aromatic nitrogens is 4.